The summed E-state index contributed by atoms with van der Waals surface area (Å²) >= 11 is 4.91. The summed E-state index contributed by atoms with van der Waals surface area (Å²) in [7, 11) is 0. The van der Waals surface area contributed by atoms with Gasteiger partial charge in [-0.15, -0.1) is 0 Å². The average molecular weight is 315 g/mol. The minimum Gasteiger partial charge on any atom is -0.400 e. The molecule has 1 heterocycles. The monoisotopic (exact) mass is 315 g/mol. The third kappa shape index (κ3) is 4.02. The molecule has 1 aromatic rings. The van der Waals surface area contributed by atoms with Crippen molar-refractivity contribution in [1.29, 1.82) is 0 Å². The van der Waals surface area contributed by atoms with Crippen LogP contribution in [0, 0.1) is 6.92 Å². The highest BCUT2D eigenvalue weighted by molar-refractivity contribution is 8.23. The maximum absolute atomic E-state index is 11.8. The van der Waals surface area contributed by atoms with E-state index in [0.717, 1.165) is 5.56 Å². The van der Waals surface area contributed by atoms with Crippen LogP contribution in [0.3, 0.4) is 0 Å². The molecule has 1 aromatic carbocycles. The van der Waals surface area contributed by atoms with Crippen LogP contribution < -0.4 is 4.18 Å². The van der Waals surface area contributed by atoms with E-state index in [2.05, 4.69) is 0 Å². The van der Waals surface area contributed by atoms with Crippen molar-refractivity contribution in [1.82, 2.24) is 4.90 Å². The summed E-state index contributed by atoms with van der Waals surface area (Å²) in [6.07, 6.45) is 0. The minimum atomic E-state index is -1.47. The molecular formula is C12H13NO3S3. The summed E-state index contributed by atoms with van der Waals surface area (Å²) in [5, 5.41) is 0. The molecule has 7 heteroatoms. The van der Waals surface area contributed by atoms with Crippen molar-refractivity contribution in [2.75, 3.05) is 18.1 Å². The largest absolute Gasteiger partial charge is 0.400 e. The third-order valence-electron chi connectivity index (χ3n) is 2.53. The second kappa shape index (κ2) is 6.49. The van der Waals surface area contributed by atoms with Gasteiger partial charge in [0.05, 0.1) is 11.5 Å². The van der Waals surface area contributed by atoms with Gasteiger partial charge in [0, 0.05) is 6.54 Å². The summed E-state index contributed by atoms with van der Waals surface area (Å²) in [5.41, 5.74) is 1.11. The topological polar surface area (TPSA) is 46.6 Å². The first-order valence-electron chi connectivity index (χ1n) is 5.67. The first-order valence-corrected chi connectivity index (χ1v) is 8.30. The van der Waals surface area contributed by atoms with Gasteiger partial charge < -0.3 is 4.18 Å². The van der Waals surface area contributed by atoms with Crippen molar-refractivity contribution in [3.8, 4) is 5.75 Å². The Hall–Kier alpha value is -0.920. The lowest BCUT2D eigenvalue weighted by molar-refractivity contribution is -0.123. The molecule has 1 fully saturated rings. The van der Waals surface area contributed by atoms with E-state index in [-0.39, 0.29) is 11.7 Å². The molecule has 2 rings (SSSR count). The van der Waals surface area contributed by atoms with Gasteiger partial charge in [-0.2, -0.15) is 0 Å². The zero-order valence-electron chi connectivity index (χ0n) is 10.3. The smallest absolute Gasteiger partial charge is 0.238 e. The maximum Gasteiger partial charge on any atom is 0.238 e. The second-order valence-corrected chi connectivity index (χ2v) is 6.80. The SMILES string of the molecule is Cc1ccc(OS(=O)CCN2C(=O)CSC2=S)cc1. The van der Waals surface area contributed by atoms with Crippen molar-refractivity contribution in [2.45, 2.75) is 6.92 Å². The molecule has 1 aliphatic rings. The van der Waals surface area contributed by atoms with E-state index in [1.165, 1.54) is 16.7 Å². The Morgan fingerprint density at radius 3 is 2.68 bits per heavy atom. The van der Waals surface area contributed by atoms with Crippen LogP contribution in [0.2, 0.25) is 0 Å². The van der Waals surface area contributed by atoms with Crippen molar-refractivity contribution in [2.24, 2.45) is 0 Å². The van der Waals surface area contributed by atoms with Crippen LogP contribution in [0.15, 0.2) is 24.3 Å². The lowest BCUT2D eigenvalue weighted by Gasteiger charge is -2.14. The highest BCUT2D eigenvalue weighted by Gasteiger charge is 2.26. The van der Waals surface area contributed by atoms with E-state index >= 15 is 0 Å². The molecule has 4 nitrogen and oxygen atoms in total. The Labute approximate surface area is 124 Å². The van der Waals surface area contributed by atoms with Crippen LogP contribution in [0.5, 0.6) is 5.75 Å². The van der Waals surface area contributed by atoms with Gasteiger partial charge in [0.15, 0.2) is 0 Å². The third-order valence-corrected chi connectivity index (χ3v) is 4.86. The molecule has 1 saturated heterocycles. The van der Waals surface area contributed by atoms with Crippen LogP contribution in [0.25, 0.3) is 0 Å². The van der Waals surface area contributed by atoms with Crippen molar-refractivity contribution < 1.29 is 13.2 Å². The van der Waals surface area contributed by atoms with Crippen LogP contribution in [0.4, 0.5) is 0 Å². The highest BCUT2D eigenvalue weighted by Crippen LogP contribution is 2.19. The Morgan fingerprint density at radius 1 is 1.42 bits per heavy atom. The van der Waals surface area contributed by atoms with Crippen LogP contribution in [-0.2, 0) is 15.9 Å². The predicted octanol–water partition coefficient (Wildman–Crippen LogP) is 1.90. The Balaban J connectivity index is 1.83. The quantitative estimate of drug-likeness (QED) is 0.777. The molecule has 0 bridgehead atoms. The molecule has 0 aromatic heterocycles. The number of benzene rings is 1. The second-order valence-electron chi connectivity index (χ2n) is 4.00. The number of hydrogen-bond donors (Lipinski definition) is 0. The summed E-state index contributed by atoms with van der Waals surface area (Å²) in [5.74, 6) is 1.17. The van der Waals surface area contributed by atoms with E-state index in [1.54, 1.807) is 12.1 Å². The standard InChI is InChI=1S/C12H13NO3S3/c1-9-2-4-10(5-3-9)16-19(15)7-6-13-11(14)8-18-12(13)17/h2-5H,6-8H2,1H3. The first kappa shape index (κ1) is 14.5. The number of amides is 1. The Bertz CT molecular complexity index is 499. The zero-order valence-corrected chi connectivity index (χ0v) is 12.8. The first-order chi connectivity index (χ1) is 9.06. The number of thioether (sulfide) groups is 1. The molecule has 1 unspecified atom stereocenters. The molecule has 0 radical (unpaired) electrons. The highest BCUT2D eigenvalue weighted by atomic mass is 32.2. The fraction of sp³-hybridized carbons (Fsp3) is 0.333. The molecule has 1 aliphatic heterocycles. The van der Waals surface area contributed by atoms with Gasteiger partial charge in [-0.05, 0) is 19.1 Å². The van der Waals surface area contributed by atoms with Gasteiger partial charge in [0.25, 0.3) is 0 Å². The number of thiocarbonyl (C=S) groups is 1. The number of rotatable bonds is 5. The summed E-state index contributed by atoms with van der Waals surface area (Å²) < 4.78 is 17.6. The lowest BCUT2D eigenvalue weighted by atomic mass is 10.2. The average Bonchev–Trinajstić information content (AvgIpc) is 2.70. The molecule has 0 aliphatic carbocycles. The van der Waals surface area contributed by atoms with E-state index in [0.29, 0.717) is 22.4 Å². The molecule has 1 amide bonds. The number of carbonyl (C=O) groups excluding carboxylic acids is 1. The molecule has 1 atom stereocenters. The van der Waals surface area contributed by atoms with E-state index in [9.17, 15) is 9.00 Å². The molecular weight excluding hydrogens is 302 g/mol. The predicted molar refractivity (Wildman–Crippen MR) is 81.6 cm³/mol. The summed E-state index contributed by atoms with van der Waals surface area (Å²) in [4.78, 5) is 13.0. The van der Waals surface area contributed by atoms with Crippen LogP contribution in [0.1, 0.15) is 5.56 Å². The fourth-order valence-electron chi connectivity index (χ4n) is 1.51. The lowest BCUT2D eigenvalue weighted by Crippen LogP contribution is -2.32. The molecule has 0 saturated carbocycles. The Morgan fingerprint density at radius 2 is 2.11 bits per heavy atom. The summed E-state index contributed by atoms with van der Waals surface area (Å²) in [6.45, 7) is 2.31. The van der Waals surface area contributed by atoms with E-state index < -0.39 is 11.1 Å². The summed E-state index contributed by atoms with van der Waals surface area (Å²) in [6, 6.07) is 7.33. The van der Waals surface area contributed by atoms with Crippen molar-refractivity contribution >= 4 is 45.3 Å². The minimum absolute atomic E-state index is 0.0256. The number of nitrogens with zero attached hydrogens (tertiary/aromatic N) is 1. The van der Waals surface area contributed by atoms with Crippen LogP contribution in [-0.4, -0.2) is 37.4 Å². The van der Waals surface area contributed by atoms with Crippen molar-refractivity contribution in [3.05, 3.63) is 29.8 Å². The van der Waals surface area contributed by atoms with Gasteiger partial charge >= 0.3 is 0 Å². The molecule has 0 spiro atoms. The number of aryl methyl sites for hydroxylation is 1. The van der Waals surface area contributed by atoms with E-state index in [4.69, 9.17) is 16.4 Å². The van der Waals surface area contributed by atoms with Gasteiger partial charge in [-0.3, -0.25) is 9.69 Å². The number of carbonyl (C=O) groups is 1. The number of hydrogen-bond acceptors (Lipinski definition) is 5. The van der Waals surface area contributed by atoms with E-state index in [1.807, 2.05) is 19.1 Å². The molecule has 102 valence electrons. The zero-order chi connectivity index (χ0) is 13.8. The Kier molecular flexibility index (Phi) is 4.95. The molecule has 19 heavy (non-hydrogen) atoms. The molecule has 0 N–H and O–H groups in total. The van der Waals surface area contributed by atoms with Gasteiger partial charge in [0.1, 0.15) is 10.1 Å². The maximum atomic E-state index is 11.8. The van der Waals surface area contributed by atoms with Crippen molar-refractivity contribution in [3.63, 3.8) is 0 Å². The van der Waals surface area contributed by atoms with Gasteiger partial charge in [0.2, 0.25) is 17.0 Å². The normalized spacial score (nSPS) is 16.8. The van der Waals surface area contributed by atoms with Gasteiger partial charge in [-0.25, -0.2) is 4.21 Å². The fourth-order valence-corrected chi connectivity index (χ4v) is 3.37. The van der Waals surface area contributed by atoms with Gasteiger partial charge in [-0.1, -0.05) is 41.7 Å². The van der Waals surface area contributed by atoms with Crippen LogP contribution >= 0.6 is 24.0 Å².